The van der Waals surface area contributed by atoms with E-state index in [9.17, 15) is 14.4 Å². The van der Waals surface area contributed by atoms with Crippen LogP contribution < -0.4 is 20.7 Å². The van der Waals surface area contributed by atoms with Crippen molar-refractivity contribution in [2.75, 3.05) is 10.6 Å². The number of aromatic nitrogens is 2. The van der Waals surface area contributed by atoms with Crippen molar-refractivity contribution in [2.45, 2.75) is 6.17 Å². The maximum atomic E-state index is 13.0. The summed E-state index contributed by atoms with van der Waals surface area (Å²) >= 11 is 18.5. The van der Waals surface area contributed by atoms with Gasteiger partial charge in [0.25, 0.3) is 17.7 Å². The molecule has 1 atom stereocenters. The van der Waals surface area contributed by atoms with Crippen LogP contribution in [0.25, 0.3) is 0 Å². The SMILES string of the molecule is O=C(NC1N=C(c2ccccc2)c2cc(Cl)ccc2NC1=O)Oc1n[nH]c(NC(=O)c2ccccc2Cl)c1Cl. The number of amides is 3. The molecule has 0 spiro atoms. The second-order valence-corrected chi connectivity index (χ2v) is 9.33. The number of H-pyrrole nitrogens is 1. The molecule has 0 saturated heterocycles. The van der Waals surface area contributed by atoms with E-state index in [4.69, 9.17) is 39.5 Å². The molecule has 13 heteroatoms. The van der Waals surface area contributed by atoms with Gasteiger partial charge in [-0.1, -0.05) is 77.3 Å². The van der Waals surface area contributed by atoms with Crippen molar-refractivity contribution >= 4 is 69.9 Å². The first-order valence-corrected chi connectivity index (χ1v) is 12.5. The highest BCUT2D eigenvalue weighted by atomic mass is 35.5. The third-order valence-corrected chi connectivity index (χ3v) is 6.44. The number of aromatic amines is 1. The third kappa shape index (κ3) is 5.73. The van der Waals surface area contributed by atoms with Gasteiger partial charge in [0.15, 0.2) is 5.82 Å². The zero-order valence-corrected chi connectivity index (χ0v) is 21.9. The van der Waals surface area contributed by atoms with Crippen LogP contribution in [0.4, 0.5) is 16.3 Å². The lowest BCUT2D eigenvalue weighted by atomic mass is 10.0. The number of rotatable bonds is 5. The molecule has 0 fully saturated rings. The molecule has 4 aromatic rings. The molecule has 0 bridgehead atoms. The summed E-state index contributed by atoms with van der Waals surface area (Å²) in [7, 11) is 0. The number of aliphatic imine (C=N–C) groups is 1. The van der Waals surface area contributed by atoms with Crippen LogP contribution in [0.5, 0.6) is 5.88 Å². The number of ether oxygens (including phenoxy) is 1. The van der Waals surface area contributed by atoms with Crippen molar-refractivity contribution in [3.8, 4) is 5.88 Å². The van der Waals surface area contributed by atoms with Gasteiger partial charge >= 0.3 is 6.09 Å². The minimum atomic E-state index is -1.36. The van der Waals surface area contributed by atoms with Gasteiger partial charge in [-0.2, -0.15) is 0 Å². The number of hydrogen-bond acceptors (Lipinski definition) is 6. The Morgan fingerprint density at radius 2 is 1.69 bits per heavy atom. The van der Waals surface area contributed by atoms with Crippen LogP contribution in [-0.2, 0) is 4.79 Å². The number of benzene rings is 3. The fourth-order valence-corrected chi connectivity index (χ4v) is 4.28. The standard InChI is InChI=1S/C26H17Cl3N6O4/c27-14-10-11-18-16(12-14)20(13-6-2-1-3-7-13)31-22(24(37)30-18)33-26(38)39-25-19(29)21(34-35-25)32-23(36)15-8-4-5-9-17(15)28/h1-12,22H,(H,30,37)(H,33,38)(H2,32,34,35,36). The average molecular weight is 584 g/mol. The van der Waals surface area contributed by atoms with Crippen LogP contribution >= 0.6 is 34.8 Å². The Kier molecular flexibility index (Phi) is 7.51. The number of hydrogen-bond donors (Lipinski definition) is 4. The van der Waals surface area contributed by atoms with Crippen molar-refractivity contribution in [2.24, 2.45) is 4.99 Å². The van der Waals surface area contributed by atoms with E-state index >= 15 is 0 Å². The van der Waals surface area contributed by atoms with Gasteiger partial charge in [0, 0.05) is 16.1 Å². The number of halogens is 3. The number of nitrogens with one attached hydrogen (secondary N) is 4. The average Bonchev–Trinajstić information content (AvgIpc) is 3.19. The van der Waals surface area contributed by atoms with Gasteiger partial charge in [0.1, 0.15) is 5.02 Å². The molecular formula is C26H17Cl3N6O4. The Bertz CT molecular complexity index is 1620. The summed E-state index contributed by atoms with van der Waals surface area (Å²) in [5, 5.41) is 14.5. The van der Waals surface area contributed by atoms with Crippen LogP contribution in [0.15, 0.2) is 77.8 Å². The van der Waals surface area contributed by atoms with Gasteiger partial charge in [-0.3, -0.25) is 20.0 Å². The summed E-state index contributed by atoms with van der Waals surface area (Å²) in [6, 6.07) is 20.5. The summed E-state index contributed by atoms with van der Waals surface area (Å²) in [6.45, 7) is 0. The highest BCUT2D eigenvalue weighted by Gasteiger charge is 2.29. The molecule has 4 N–H and O–H groups in total. The molecule has 2 heterocycles. The first-order valence-electron chi connectivity index (χ1n) is 11.3. The van der Waals surface area contributed by atoms with E-state index in [0.29, 0.717) is 27.5 Å². The summed E-state index contributed by atoms with van der Waals surface area (Å²) < 4.78 is 5.19. The van der Waals surface area contributed by atoms with Crippen molar-refractivity contribution in [1.82, 2.24) is 15.5 Å². The van der Waals surface area contributed by atoms with Gasteiger partial charge in [0.2, 0.25) is 6.17 Å². The second kappa shape index (κ2) is 11.2. The van der Waals surface area contributed by atoms with E-state index in [1.165, 1.54) is 6.07 Å². The topological polar surface area (TPSA) is 138 Å². The van der Waals surface area contributed by atoms with Gasteiger partial charge < -0.3 is 15.4 Å². The van der Waals surface area contributed by atoms with Gasteiger partial charge in [-0.25, -0.2) is 9.79 Å². The molecule has 1 aliphatic rings. The smallest absolute Gasteiger partial charge is 0.388 e. The summed E-state index contributed by atoms with van der Waals surface area (Å²) in [6.07, 6.45) is -2.43. The van der Waals surface area contributed by atoms with Crippen LogP contribution in [-0.4, -0.2) is 40.0 Å². The molecule has 1 aliphatic heterocycles. The van der Waals surface area contributed by atoms with Crippen LogP contribution in [0.3, 0.4) is 0 Å². The lowest BCUT2D eigenvalue weighted by molar-refractivity contribution is -0.117. The largest absolute Gasteiger partial charge is 0.416 e. The van der Waals surface area contributed by atoms with E-state index < -0.39 is 24.1 Å². The van der Waals surface area contributed by atoms with Crippen LogP contribution in [0.2, 0.25) is 15.1 Å². The highest BCUT2D eigenvalue weighted by Crippen LogP contribution is 2.31. The Morgan fingerprint density at radius 1 is 0.949 bits per heavy atom. The van der Waals surface area contributed by atoms with Gasteiger partial charge in [-0.15, -0.1) is 5.10 Å². The van der Waals surface area contributed by atoms with Gasteiger partial charge in [0.05, 0.1) is 22.0 Å². The van der Waals surface area contributed by atoms with E-state index in [2.05, 4.69) is 31.1 Å². The zero-order valence-electron chi connectivity index (χ0n) is 19.7. The van der Waals surface area contributed by atoms with Crippen molar-refractivity contribution in [3.05, 3.63) is 105 Å². The highest BCUT2D eigenvalue weighted by molar-refractivity contribution is 6.36. The number of carbonyl (C=O) groups excluding carboxylic acids is 3. The predicted molar refractivity (Wildman–Crippen MR) is 148 cm³/mol. The molecule has 10 nitrogen and oxygen atoms in total. The maximum Gasteiger partial charge on any atom is 0.416 e. The normalized spacial score (nSPS) is 14.4. The monoisotopic (exact) mass is 582 g/mol. The lowest BCUT2D eigenvalue weighted by Crippen LogP contribution is -2.43. The minimum Gasteiger partial charge on any atom is -0.388 e. The number of benzodiazepines with no additional fused rings is 1. The molecule has 0 aliphatic carbocycles. The molecule has 3 aromatic carbocycles. The molecule has 1 aromatic heterocycles. The quantitative estimate of drug-likeness (QED) is 0.245. The number of fused-ring (bicyclic) bond motifs is 1. The van der Waals surface area contributed by atoms with Gasteiger partial charge in [-0.05, 0) is 30.3 Å². The molecule has 196 valence electrons. The Labute approximate surface area is 236 Å². The van der Waals surface area contributed by atoms with Crippen LogP contribution in [0, 0.1) is 0 Å². The lowest BCUT2D eigenvalue weighted by Gasteiger charge is -2.12. The summed E-state index contributed by atoms with van der Waals surface area (Å²) in [5.41, 5.74) is 2.39. The molecule has 39 heavy (non-hydrogen) atoms. The van der Waals surface area contributed by atoms with E-state index in [0.717, 1.165) is 0 Å². The number of nitrogens with zero attached hydrogens (tertiary/aromatic N) is 2. The Morgan fingerprint density at radius 3 is 2.46 bits per heavy atom. The number of carbonyl (C=O) groups is 3. The molecule has 0 saturated carbocycles. The fourth-order valence-electron chi connectivity index (χ4n) is 3.72. The van der Waals surface area contributed by atoms with E-state index in [1.54, 1.807) is 36.4 Å². The molecule has 5 rings (SSSR count). The van der Waals surface area contributed by atoms with Crippen LogP contribution in [0.1, 0.15) is 21.5 Å². The van der Waals surface area contributed by atoms with Crippen molar-refractivity contribution < 1.29 is 19.1 Å². The minimum absolute atomic E-state index is 0.0201. The Balaban J connectivity index is 1.35. The number of anilines is 2. The predicted octanol–water partition coefficient (Wildman–Crippen LogP) is 5.53. The fraction of sp³-hybridized carbons (Fsp3) is 0.0385. The third-order valence-electron chi connectivity index (χ3n) is 5.53. The molecule has 0 radical (unpaired) electrons. The van der Waals surface area contributed by atoms with E-state index in [-0.39, 0.29) is 27.3 Å². The first kappa shape index (κ1) is 26.2. The molecule has 3 amide bonds. The first-order chi connectivity index (χ1) is 18.8. The second-order valence-electron chi connectivity index (χ2n) is 8.11. The Hall–Kier alpha value is -4.38. The maximum absolute atomic E-state index is 13.0. The summed E-state index contributed by atoms with van der Waals surface area (Å²) in [5.74, 6) is -1.52. The zero-order chi connectivity index (χ0) is 27.5. The van der Waals surface area contributed by atoms with Crippen molar-refractivity contribution in [1.29, 1.82) is 0 Å². The molecular weight excluding hydrogens is 567 g/mol. The van der Waals surface area contributed by atoms with E-state index in [1.807, 2.05) is 30.3 Å². The molecule has 1 unspecified atom stereocenters. The van der Waals surface area contributed by atoms with Crippen molar-refractivity contribution in [3.63, 3.8) is 0 Å². The summed E-state index contributed by atoms with van der Waals surface area (Å²) in [4.78, 5) is 42.7.